The zero-order valence-electron chi connectivity index (χ0n) is 15.6. The van der Waals surface area contributed by atoms with Gasteiger partial charge in [-0.25, -0.2) is 9.59 Å². The van der Waals surface area contributed by atoms with Crippen molar-refractivity contribution in [2.75, 3.05) is 34.2 Å². The molecule has 0 fully saturated rings. The number of rotatable bonds is 5. The van der Waals surface area contributed by atoms with Crippen LogP contribution in [0.3, 0.4) is 0 Å². The van der Waals surface area contributed by atoms with Crippen molar-refractivity contribution in [2.24, 2.45) is 5.92 Å². The summed E-state index contributed by atoms with van der Waals surface area (Å²) in [6.45, 7) is 1.80. The Morgan fingerprint density at radius 1 is 1.33 bits per heavy atom. The zero-order valence-corrected chi connectivity index (χ0v) is 16.3. The first-order valence-corrected chi connectivity index (χ1v) is 8.66. The molecule has 1 aromatic heterocycles. The molecule has 1 aromatic rings. The number of pyridine rings is 1. The molecule has 1 atom stereocenters. The van der Waals surface area contributed by atoms with Gasteiger partial charge in [-0.2, -0.15) is 0 Å². The number of aliphatic carboxylic acids is 2. The molecule has 1 aliphatic heterocycles. The van der Waals surface area contributed by atoms with Gasteiger partial charge in [-0.15, -0.1) is 0 Å². The topological polar surface area (TPSA) is 111 Å². The van der Waals surface area contributed by atoms with E-state index < -0.39 is 11.9 Å². The second kappa shape index (κ2) is 10.6. The molecule has 2 rings (SSSR count). The third-order valence-corrected chi connectivity index (χ3v) is 4.09. The van der Waals surface area contributed by atoms with E-state index in [1.165, 1.54) is 0 Å². The van der Waals surface area contributed by atoms with Crippen LogP contribution in [0.2, 0.25) is 5.02 Å². The molecular formula is C18H24ClN3O5. The maximum atomic E-state index is 12.3. The van der Waals surface area contributed by atoms with Crippen LogP contribution in [0.1, 0.15) is 22.5 Å². The van der Waals surface area contributed by atoms with Crippen molar-refractivity contribution in [3.8, 4) is 0 Å². The highest BCUT2D eigenvalue weighted by atomic mass is 35.5. The lowest BCUT2D eigenvalue weighted by atomic mass is 9.98. The Labute approximate surface area is 163 Å². The highest BCUT2D eigenvalue weighted by Gasteiger charge is 2.26. The van der Waals surface area contributed by atoms with Crippen LogP contribution in [0.4, 0.5) is 0 Å². The number of amides is 1. The van der Waals surface area contributed by atoms with E-state index in [-0.39, 0.29) is 5.91 Å². The number of hydrogen-bond acceptors (Lipinski definition) is 5. The van der Waals surface area contributed by atoms with Crippen LogP contribution in [-0.4, -0.2) is 77.1 Å². The highest BCUT2D eigenvalue weighted by Crippen LogP contribution is 2.23. The SMILES string of the molecule is CN(C)CCC1Cc2ncc(Cl)cc2C(=O)N(C)C1.O=C(O)/C=C/C(=O)O. The number of carbonyl (C=O) groups is 3. The Balaban J connectivity index is 0.000000387. The summed E-state index contributed by atoms with van der Waals surface area (Å²) in [5, 5.41) is 16.1. The van der Waals surface area contributed by atoms with Crippen molar-refractivity contribution in [3.05, 3.63) is 40.7 Å². The van der Waals surface area contributed by atoms with E-state index in [0.717, 1.165) is 31.6 Å². The molecule has 0 spiro atoms. The van der Waals surface area contributed by atoms with Crippen molar-refractivity contribution >= 4 is 29.4 Å². The molecule has 0 radical (unpaired) electrons. The predicted octanol–water partition coefficient (Wildman–Crippen LogP) is 1.64. The van der Waals surface area contributed by atoms with Gasteiger partial charge in [0.15, 0.2) is 0 Å². The third kappa shape index (κ3) is 8.19. The van der Waals surface area contributed by atoms with Crippen LogP contribution >= 0.6 is 11.6 Å². The minimum atomic E-state index is -1.26. The molecule has 9 heteroatoms. The minimum absolute atomic E-state index is 0.0253. The van der Waals surface area contributed by atoms with Gasteiger partial charge in [0, 0.05) is 31.9 Å². The molecule has 27 heavy (non-hydrogen) atoms. The van der Waals surface area contributed by atoms with E-state index in [2.05, 4.69) is 24.0 Å². The Morgan fingerprint density at radius 3 is 2.44 bits per heavy atom. The maximum Gasteiger partial charge on any atom is 0.328 e. The van der Waals surface area contributed by atoms with Crippen LogP contribution in [0.15, 0.2) is 24.4 Å². The number of carboxylic acid groups (broad SMARTS) is 2. The lowest BCUT2D eigenvalue weighted by molar-refractivity contribution is -0.134. The van der Waals surface area contributed by atoms with E-state index in [1.807, 2.05) is 7.05 Å². The Morgan fingerprint density at radius 2 is 1.93 bits per heavy atom. The summed E-state index contributed by atoms with van der Waals surface area (Å²) in [5.41, 5.74) is 1.53. The van der Waals surface area contributed by atoms with E-state index in [1.54, 1.807) is 17.2 Å². The van der Waals surface area contributed by atoms with Crippen molar-refractivity contribution in [2.45, 2.75) is 12.8 Å². The lowest BCUT2D eigenvalue weighted by Gasteiger charge is -2.21. The van der Waals surface area contributed by atoms with Gasteiger partial charge in [0.05, 0.1) is 16.3 Å². The smallest absolute Gasteiger partial charge is 0.328 e. The zero-order chi connectivity index (χ0) is 20.6. The first-order chi connectivity index (χ1) is 12.6. The molecule has 1 unspecified atom stereocenters. The van der Waals surface area contributed by atoms with Crippen LogP contribution in [-0.2, 0) is 16.0 Å². The normalized spacial score (nSPS) is 16.6. The summed E-state index contributed by atoms with van der Waals surface area (Å²) in [5.74, 6) is -2.04. The Hall–Kier alpha value is -2.45. The fourth-order valence-electron chi connectivity index (χ4n) is 2.61. The van der Waals surface area contributed by atoms with E-state index in [9.17, 15) is 14.4 Å². The molecule has 0 aromatic carbocycles. The van der Waals surface area contributed by atoms with E-state index in [0.29, 0.717) is 28.7 Å². The van der Waals surface area contributed by atoms with Gasteiger partial charge in [0.1, 0.15) is 0 Å². The van der Waals surface area contributed by atoms with Crippen LogP contribution in [0.5, 0.6) is 0 Å². The molecule has 1 aliphatic rings. The van der Waals surface area contributed by atoms with Crippen molar-refractivity contribution in [1.82, 2.24) is 14.8 Å². The standard InChI is InChI=1S/C14H20ClN3O.C4H4O4/c1-17(2)5-4-10-6-13-12(7-11(15)8-16-13)14(19)18(3)9-10;5-3(6)1-2-4(7)8/h7-8,10H,4-6,9H2,1-3H3;1-2H,(H,5,6)(H,7,8)/b;2-1+. The largest absolute Gasteiger partial charge is 0.478 e. The van der Waals surface area contributed by atoms with Gasteiger partial charge in [-0.3, -0.25) is 9.78 Å². The van der Waals surface area contributed by atoms with Gasteiger partial charge in [0.2, 0.25) is 0 Å². The molecule has 8 nitrogen and oxygen atoms in total. The summed E-state index contributed by atoms with van der Waals surface area (Å²) in [6.07, 6.45) is 4.65. The number of carboxylic acids is 2. The second-order valence-corrected chi connectivity index (χ2v) is 6.94. The van der Waals surface area contributed by atoms with Crippen molar-refractivity contribution < 1.29 is 24.6 Å². The molecule has 148 valence electrons. The monoisotopic (exact) mass is 397 g/mol. The summed E-state index contributed by atoms with van der Waals surface area (Å²) < 4.78 is 0. The first kappa shape index (κ1) is 22.6. The molecule has 2 N–H and O–H groups in total. The lowest BCUT2D eigenvalue weighted by Crippen LogP contribution is -2.31. The summed E-state index contributed by atoms with van der Waals surface area (Å²) in [7, 11) is 5.98. The van der Waals surface area contributed by atoms with Gasteiger partial charge >= 0.3 is 11.9 Å². The average molecular weight is 398 g/mol. The quantitative estimate of drug-likeness (QED) is 0.726. The number of fused-ring (bicyclic) bond motifs is 1. The maximum absolute atomic E-state index is 12.3. The fraction of sp³-hybridized carbons (Fsp3) is 0.444. The first-order valence-electron chi connectivity index (χ1n) is 8.28. The Bertz CT molecular complexity index is 705. The predicted molar refractivity (Wildman–Crippen MR) is 101 cm³/mol. The van der Waals surface area contributed by atoms with Crippen molar-refractivity contribution in [1.29, 1.82) is 0 Å². The van der Waals surface area contributed by atoms with Gasteiger partial charge in [-0.05, 0) is 45.5 Å². The van der Waals surface area contributed by atoms with Gasteiger partial charge in [0.25, 0.3) is 5.91 Å². The number of nitrogens with zero attached hydrogens (tertiary/aromatic N) is 3. The molecule has 0 saturated carbocycles. The van der Waals surface area contributed by atoms with Crippen LogP contribution < -0.4 is 0 Å². The highest BCUT2D eigenvalue weighted by molar-refractivity contribution is 6.30. The molecule has 2 heterocycles. The van der Waals surface area contributed by atoms with E-state index in [4.69, 9.17) is 21.8 Å². The molecule has 1 amide bonds. The number of halogens is 1. The number of hydrogen-bond donors (Lipinski definition) is 2. The Kier molecular flexibility index (Phi) is 8.90. The fourth-order valence-corrected chi connectivity index (χ4v) is 2.76. The second-order valence-electron chi connectivity index (χ2n) is 6.51. The summed E-state index contributed by atoms with van der Waals surface area (Å²) in [4.78, 5) is 39.7. The van der Waals surface area contributed by atoms with Crippen molar-refractivity contribution in [3.63, 3.8) is 0 Å². The average Bonchev–Trinajstić information content (AvgIpc) is 2.69. The van der Waals surface area contributed by atoms with Gasteiger partial charge < -0.3 is 20.0 Å². The van der Waals surface area contributed by atoms with E-state index >= 15 is 0 Å². The van der Waals surface area contributed by atoms with Crippen LogP contribution in [0.25, 0.3) is 0 Å². The van der Waals surface area contributed by atoms with Crippen LogP contribution in [0, 0.1) is 5.92 Å². The molecule has 0 bridgehead atoms. The summed E-state index contributed by atoms with van der Waals surface area (Å²) >= 11 is 5.94. The number of aromatic nitrogens is 1. The molecular weight excluding hydrogens is 374 g/mol. The molecule has 0 saturated heterocycles. The molecule has 0 aliphatic carbocycles. The van der Waals surface area contributed by atoms with Gasteiger partial charge in [-0.1, -0.05) is 11.6 Å². The minimum Gasteiger partial charge on any atom is -0.478 e. The number of carbonyl (C=O) groups excluding carboxylic acids is 1. The third-order valence-electron chi connectivity index (χ3n) is 3.88. The summed E-state index contributed by atoms with van der Waals surface area (Å²) in [6, 6.07) is 1.73.